The third-order valence-corrected chi connectivity index (χ3v) is 6.03. The summed E-state index contributed by atoms with van der Waals surface area (Å²) >= 11 is 1.58. The second-order valence-corrected chi connectivity index (χ2v) is 7.62. The molecule has 1 saturated heterocycles. The number of ether oxygens (including phenoxy) is 1. The van der Waals surface area contributed by atoms with Crippen LogP contribution < -0.4 is 4.74 Å². The number of fused-ring (bicyclic) bond motifs is 2. The molecular formula is C20H18N2O2S. The van der Waals surface area contributed by atoms with Crippen LogP contribution in [0.4, 0.5) is 0 Å². The van der Waals surface area contributed by atoms with Crippen molar-refractivity contribution in [2.24, 2.45) is 0 Å². The van der Waals surface area contributed by atoms with Gasteiger partial charge < -0.3 is 9.64 Å². The number of likely N-dealkylation sites (tertiary alicyclic amines) is 1. The molecule has 3 heterocycles. The van der Waals surface area contributed by atoms with E-state index in [-0.39, 0.29) is 5.91 Å². The molecule has 0 spiro atoms. The molecule has 5 rings (SSSR count). The van der Waals surface area contributed by atoms with Crippen LogP contribution in [0.1, 0.15) is 33.8 Å². The number of hydrogen-bond acceptors (Lipinski definition) is 4. The summed E-state index contributed by atoms with van der Waals surface area (Å²) < 4.78 is 6.66. The van der Waals surface area contributed by atoms with Crippen molar-refractivity contribution in [1.82, 2.24) is 9.88 Å². The number of amides is 1. The second-order valence-electron chi connectivity index (χ2n) is 6.74. The highest BCUT2D eigenvalue weighted by Gasteiger charge is 2.29. The molecule has 25 heavy (non-hydrogen) atoms. The van der Waals surface area contributed by atoms with Crippen LogP contribution in [0.5, 0.6) is 5.75 Å². The van der Waals surface area contributed by atoms with Crippen LogP contribution in [0, 0.1) is 0 Å². The lowest BCUT2D eigenvalue weighted by atomic mass is 9.96. The van der Waals surface area contributed by atoms with Gasteiger partial charge in [0.2, 0.25) is 0 Å². The SMILES string of the molecule is O=C(c1ccc2ncsc2c1)N1CC[C@@H](c2ccc3c(c2)CCO3)C1. The average molecular weight is 350 g/mol. The Labute approximate surface area is 150 Å². The minimum Gasteiger partial charge on any atom is -0.493 e. The van der Waals surface area contributed by atoms with Crippen LogP contribution >= 0.6 is 11.3 Å². The molecule has 126 valence electrons. The standard InChI is InChI=1S/C20H18N2O2S/c23-20(15-1-3-17-19(10-15)25-12-21-17)22-7-5-16(11-22)13-2-4-18-14(9-13)6-8-24-18/h1-4,9-10,12,16H,5-8,11H2/t16-/m1/s1. The van der Waals surface area contributed by atoms with Gasteiger partial charge in [-0.05, 0) is 41.8 Å². The number of thiazole rings is 1. The van der Waals surface area contributed by atoms with Gasteiger partial charge in [0.25, 0.3) is 5.91 Å². The van der Waals surface area contributed by atoms with Gasteiger partial charge in [0.05, 0.1) is 22.3 Å². The molecule has 1 atom stereocenters. The molecule has 3 aromatic rings. The van der Waals surface area contributed by atoms with E-state index in [1.165, 1.54) is 11.1 Å². The van der Waals surface area contributed by atoms with Crippen molar-refractivity contribution in [3.8, 4) is 5.75 Å². The largest absolute Gasteiger partial charge is 0.493 e. The van der Waals surface area contributed by atoms with Crippen molar-refractivity contribution >= 4 is 27.5 Å². The molecule has 2 aliphatic rings. The Morgan fingerprint density at radius 1 is 1.24 bits per heavy atom. The lowest BCUT2D eigenvalue weighted by molar-refractivity contribution is 0.0791. The predicted octanol–water partition coefficient (Wildman–Crippen LogP) is 3.86. The second kappa shape index (κ2) is 5.85. The van der Waals surface area contributed by atoms with Crippen molar-refractivity contribution < 1.29 is 9.53 Å². The fourth-order valence-electron chi connectivity index (χ4n) is 3.85. The molecule has 0 radical (unpaired) electrons. The maximum Gasteiger partial charge on any atom is 0.253 e. The van der Waals surface area contributed by atoms with Gasteiger partial charge in [0, 0.05) is 31.0 Å². The molecule has 0 aliphatic carbocycles. The van der Waals surface area contributed by atoms with Crippen LogP contribution in [0.25, 0.3) is 10.2 Å². The van der Waals surface area contributed by atoms with Gasteiger partial charge in [-0.15, -0.1) is 11.3 Å². The van der Waals surface area contributed by atoms with Crippen LogP contribution in [0.2, 0.25) is 0 Å². The number of carbonyl (C=O) groups excluding carboxylic acids is 1. The Morgan fingerprint density at radius 2 is 2.20 bits per heavy atom. The van der Waals surface area contributed by atoms with E-state index in [0.717, 1.165) is 54.1 Å². The van der Waals surface area contributed by atoms with Crippen LogP contribution in [-0.4, -0.2) is 35.5 Å². The van der Waals surface area contributed by atoms with Gasteiger partial charge in [-0.3, -0.25) is 4.79 Å². The van der Waals surface area contributed by atoms with Crippen LogP contribution in [-0.2, 0) is 6.42 Å². The molecule has 2 aromatic carbocycles. The fourth-order valence-corrected chi connectivity index (χ4v) is 4.56. The summed E-state index contributed by atoms with van der Waals surface area (Å²) in [7, 11) is 0. The van der Waals surface area contributed by atoms with Crippen molar-refractivity contribution in [1.29, 1.82) is 0 Å². The van der Waals surface area contributed by atoms with E-state index in [0.29, 0.717) is 5.92 Å². The topological polar surface area (TPSA) is 42.4 Å². The zero-order chi connectivity index (χ0) is 16.8. The number of nitrogens with zero attached hydrogens (tertiary/aromatic N) is 2. The quantitative estimate of drug-likeness (QED) is 0.705. The lowest BCUT2D eigenvalue weighted by Crippen LogP contribution is -2.28. The molecule has 1 amide bonds. The molecule has 1 aromatic heterocycles. The summed E-state index contributed by atoms with van der Waals surface area (Å²) in [6.07, 6.45) is 2.02. The van der Waals surface area contributed by atoms with E-state index in [9.17, 15) is 4.79 Å². The first-order valence-corrected chi connectivity index (χ1v) is 9.54. The molecule has 0 saturated carbocycles. The maximum absolute atomic E-state index is 12.9. The van der Waals surface area contributed by atoms with E-state index in [2.05, 4.69) is 23.2 Å². The first-order chi connectivity index (χ1) is 12.3. The van der Waals surface area contributed by atoms with Crippen molar-refractivity contribution in [2.75, 3.05) is 19.7 Å². The summed E-state index contributed by atoms with van der Waals surface area (Å²) in [6.45, 7) is 2.39. The summed E-state index contributed by atoms with van der Waals surface area (Å²) in [5.74, 6) is 1.57. The van der Waals surface area contributed by atoms with E-state index >= 15 is 0 Å². The van der Waals surface area contributed by atoms with Gasteiger partial charge in [-0.2, -0.15) is 0 Å². The number of hydrogen-bond donors (Lipinski definition) is 0. The van der Waals surface area contributed by atoms with Crippen LogP contribution in [0.3, 0.4) is 0 Å². The Hall–Kier alpha value is -2.40. The average Bonchev–Trinajstić information content (AvgIpc) is 3.39. The van der Waals surface area contributed by atoms with Gasteiger partial charge in [-0.1, -0.05) is 12.1 Å². The summed E-state index contributed by atoms with van der Waals surface area (Å²) in [6, 6.07) is 12.3. The zero-order valence-corrected chi connectivity index (χ0v) is 14.6. The van der Waals surface area contributed by atoms with Gasteiger partial charge in [0.15, 0.2) is 0 Å². The van der Waals surface area contributed by atoms with Crippen molar-refractivity contribution in [3.05, 3.63) is 58.6 Å². The molecule has 0 unspecified atom stereocenters. The number of rotatable bonds is 2. The van der Waals surface area contributed by atoms with Gasteiger partial charge >= 0.3 is 0 Å². The normalized spacial score (nSPS) is 19.2. The van der Waals surface area contributed by atoms with Gasteiger partial charge in [-0.25, -0.2) is 4.98 Å². The smallest absolute Gasteiger partial charge is 0.253 e. The van der Waals surface area contributed by atoms with Crippen LogP contribution in [0.15, 0.2) is 41.9 Å². The van der Waals surface area contributed by atoms with E-state index < -0.39 is 0 Å². The third-order valence-electron chi connectivity index (χ3n) is 5.24. The Kier molecular flexibility index (Phi) is 3.48. The molecule has 0 N–H and O–H groups in total. The summed E-state index contributed by atoms with van der Waals surface area (Å²) in [5.41, 5.74) is 6.18. The van der Waals surface area contributed by atoms with Crippen molar-refractivity contribution in [2.45, 2.75) is 18.8 Å². The summed E-state index contributed by atoms with van der Waals surface area (Å²) in [4.78, 5) is 19.1. The fraction of sp³-hybridized carbons (Fsp3) is 0.300. The molecule has 0 bridgehead atoms. The molecule has 2 aliphatic heterocycles. The molecule has 1 fully saturated rings. The van der Waals surface area contributed by atoms with E-state index in [4.69, 9.17) is 4.74 Å². The first kappa shape index (κ1) is 14.9. The van der Waals surface area contributed by atoms with Crippen molar-refractivity contribution in [3.63, 3.8) is 0 Å². The van der Waals surface area contributed by atoms with E-state index in [1.807, 2.05) is 28.6 Å². The highest BCUT2D eigenvalue weighted by Crippen LogP contribution is 2.33. The molecular weight excluding hydrogens is 332 g/mol. The third kappa shape index (κ3) is 2.59. The Morgan fingerprint density at radius 3 is 3.16 bits per heavy atom. The summed E-state index contributed by atoms with van der Waals surface area (Å²) in [5, 5.41) is 0. The Bertz CT molecular complexity index is 965. The predicted molar refractivity (Wildman–Crippen MR) is 98.5 cm³/mol. The minimum atomic E-state index is 0.127. The number of benzene rings is 2. The lowest BCUT2D eigenvalue weighted by Gasteiger charge is -2.17. The molecule has 5 heteroatoms. The minimum absolute atomic E-state index is 0.127. The number of aromatic nitrogens is 1. The zero-order valence-electron chi connectivity index (χ0n) is 13.8. The molecule has 4 nitrogen and oxygen atoms in total. The Balaban J connectivity index is 1.35. The number of carbonyl (C=O) groups is 1. The monoisotopic (exact) mass is 350 g/mol. The highest BCUT2D eigenvalue weighted by atomic mass is 32.1. The van der Waals surface area contributed by atoms with E-state index in [1.54, 1.807) is 11.3 Å². The highest BCUT2D eigenvalue weighted by molar-refractivity contribution is 7.16. The maximum atomic E-state index is 12.9. The van der Waals surface area contributed by atoms with Gasteiger partial charge in [0.1, 0.15) is 5.75 Å². The first-order valence-electron chi connectivity index (χ1n) is 8.66.